The molecule has 0 saturated heterocycles. The molecule has 3 rings (SSSR count). The van der Waals surface area contributed by atoms with Gasteiger partial charge in [0.05, 0.1) is 0 Å². The number of nitrogens with two attached hydrogens (primary N) is 1. The molecule has 0 aliphatic rings. The predicted octanol–water partition coefficient (Wildman–Crippen LogP) is 1.97. The highest BCUT2D eigenvalue weighted by Gasteiger charge is 2.10. The van der Waals surface area contributed by atoms with Gasteiger partial charge < -0.3 is 10.7 Å². The first-order valence-corrected chi connectivity index (χ1v) is 7.15. The number of aromatic nitrogens is 4. The van der Waals surface area contributed by atoms with Crippen LogP contribution in [-0.2, 0) is 5.75 Å². The molecule has 6 nitrogen and oxygen atoms in total. The van der Waals surface area contributed by atoms with Crippen molar-refractivity contribution < 1.29 is 4.39 Å². The Morgan fingerprint density at radius 2 is 2.14 bits per heavy atom. The summed E-state index contributed by atoms with van der Waals surface area (Å²) < 4.78 is 13.0. The van der Waals surface area contributed by atoms with Gasteiger partial charge >= 0.3 is 0 Å². The number of hydrogen-bond donors (Lipinski definition) is 3. The van der Waals surface area contributed by atoms with Gasteiger partial charge in [-0.15, -0.1) is 0 Å². The van der Waals surface area contributed by atoms with Crippen LogP contribution in [0.3, 0.4) is 0 Å². The molecule has 4 N–H and O–H groups in total. The summed E-state index contributed by atoms with van der Waals surface area (Å²) in [5.74, 6) is 0.389. The molecular formula is C13H12FN5OS. The van der Waals surface area contributed by atoms with Crippen molar-refractivity contribution in [3.8, 4) is 0 Å². The van der Waals surface area contributed by atoms with E-state index in [1.54, 1.807) is 6.07 Å². The van der Waals surface area contributed by atoms with Gasteiger partial charge in [0.2, 0.25) is 5.95 Å². The van der Waals surface area contributed by atoms with E-state index in [0.717, 1.165) is 11.1 Å². The highest BCUT2D eigenvalue weighted by atomic mass is 32.2. The lowest BCUT2D eigenvalue weighted by Gasteiger charge is -2.03. The standard InChI is InChI=1S/C13H12FN5OS/c1-6-4-8(14)3-2-7(6)5-21-13-16-9-10(18-13)17-12(15)19-11(9)20/h2-4H,5H2,1H3,(H4,15,16,17,18,19,20). The summed E-state index contributed by atoms with van der Waals surface area (Å²) >= 11 is 1.41. The van der Waals surface area contributed by atoms with E-state index < -0.39 is 0 Å². The van der Waals surface area contributed by atoms with Crippen LogP contribution in [0.25, 0.3) is 11.2 Å². The number of nitrogens with zero attached hydrogens (tertiary/aromatic N) is 2. The maximum Gasteiger partial charge on any atom is 0.278 e. The number of fused-ring (bicyclic) bond motifs is 1. The second-order valence-electron chi connectivity index (χ2n) is 4.55. The Labute approximate surface area is 123 Å². The quantitative estimate of drug-likeness (QED) is 0.642. The average Bonchev–Trinajstić information content (AvgIpc) is 2.81. The smallest absolute Gasteiger partial charge is 0.278 e. The number of halogens is 1. The highest BCUT2D eigenvalue weighted by Crippen LogP contribution is 2.23. The van der Waals surface area contributed by atoms with Crippen LogP contribution in [0, 0.1) is 12.7 Å². The van der Waals surface area contributed by atoms with Crippen LogP contribution < -0.4 is 11.3 Å². The fraction of sp³-hybridized carbons (Fsp3) is 0.154. The van der Waals surface area contributed by atoms with Gasteiger partial charge in [0.25, 0.3) is 5.56 Å². The van der Waals surface area contributed by atoms with Crippen molar-refractivity contribution in [2.75, 3.05) is 5.73 Å². The van der Waals surface area contributed by atoms with Crippen molar-refractivity contribution in [2.24, 2.45) is 0 Å². The summed E-state index contributed by atoms with van der Waals surface area (Å²) in [4.78, 5) is 25.2. The lowest BCUT2D eigenvalue weighted by molar-refractivity contribution is 0.626. The molecule has 0 radical (unpaired) electrons. The first-order chi connectivity index (χ1) is 10.0. The minimum Gasteiger partial charge on any atom is -0.369 e. The number of hydrogen-bond acceptors (Lipinski definition) is 5. The van der Waals surface area contributed by atoms with E-state index in [-0.39, 0.29) is 23.0 Å². The summed E-state index contributed by atoms with van der Waals surface area (Å²) in [6, 6.07) is 4.65. The number of thioether (sulfide) groups is 1. The van der Waals surface area contributed by atoms with Gasteiger partial charge in [-0.3, -0.25) is 9.78 Å². The number of nitrogens with one attached hydrogen (secondary N) is 2. The Bertz CT molecular complexity index is 873. The number of aromatic amines is 2. The highest BCUT2D eigenvalue weighted by molar-refractivity contribution is 7.98. The molecule has 21 heavy (non-hydrogen) atoms. The van der Waals surface area contributed by atoms with Gasteiger partial charge in [-0.25, -0.2) is 9.37 Å². The van der Waals surface area contributed by atoms with Crippen LogP contribution in [0.2, 0.25) is 0 Å². The van der Waals surface area contributed by atoms with Crippen molar-refractivity contribution in [3.63, 3.8) is 0 Å². The van der Waals surface area contributed by atoms with Crippen LogP contribution in [-0.4, -0.2) is 19.9 Å². The molecule has 2 heterocycles. The zero-order valence-corrected chi connectivity index (χ0v) is 11.9. The van der Waals surface area contributed by atoms with Crippen molar-refractivity contribution in [1.82, 2.24) is 19.9 Å². The van der Waals surface area contributed by atoms with Gasteiger partial charge in [-0.2, -0.15) is 4.98 Å². The zero-order chi connectivity index (χ0) is 15.0. The molecule has 0 aliphatic heterocycles. The summed E-state index contributed by atoms with van der Waals surface area (Å²) in [5, 5.41) is 0.567. The normalized spacial score (nSPS) is 11.1. The first kappa shape index (κ1) is 13.6. The molecule has 1 aromatic carbocycles. The third-order valence-electron chi connectivity index (χ3n) is 3.03. The largest absolute Gasteiger partial charge is 0.369 e. The minimum atomic E-state index is -0.352. The molecule has 108 valence electrons. The molecule has 0 fully saturated rings. The number of aryl methyl sites for hydroxylation is 1. The number of H-pyrrole nitrogens is 2. The maximum atomic E-state index is 13.0. The summed E-state index contributed by atoms with van der Waals surface area (Å²) in [6.45, 7) is 1.85. The Hall–Kier alpha value is -2.35. The Morgan fingerprint density at radius 1 is 1.33 bits per heavy atom. The van der Waals surface area contributed by atoms with Crippen molar-refractivity contribution in [2.45, 2.75) is 17.8 Å². The second kappa shape index (κ2) is 5.21. The Morgan fingerprint density at radius 3 is 2.90 bits per heavy atom. The monoisotopic (exact) mass is 305 g/mol. The lowest BCUT2D eigenvalue weighted by Crippen LogP contribution is -2.10. The van der Waals surface area contributed by atoms with Crippen LogP contribution in [0.15, 0.2) is 28.2 Å². The molecule has 0 aliphatic carbocycles. The fourth-order valence-electron chi connectivity index (χ4n) is 1.94. The Balaban J connectivity index is 1.85. The van der Waals surface area contributed by atoms with Gasteiger partial charge in [-0.1, -0.05) is 17.8 Å². The van der Waals surface area contributed by atoms with Crippen LogP contribution >= 0.6 is 11.8 Å². The summed E-state index contributed by atoms with van der Waals surface area (Å²) in [5.41, 5.74) is 7.58. The number of benzene rings is 1. The zero-order valence-electron chi connectivity index (χ0n) is 11.1. The van der Waals surface area contributed by atoms with Crippen LogP contribution in [0.5, 0.6) is 0 Å². The van der Waals surface area contributed by atoms with E-state index in [0.29, 0.717) is 16.4 Å². The van der Waals surface area contributed by atoms with Crippen molar-refractivity contribution >= 4 is 28.9 Å². The van der Waals surface area contributed by atoms with E-state index >= 15 is 0 Å². The molecule has 0 spiro atoms. The molecule has 0 saturated carbocycles. The third-order valence-corrected chi connectivity index (χ3v) is 3.95. The van der Waals surface area contributed by atoms with Gasteiger partial charge in [0, 0.05) is 5.75 Å². The van der Waals surface area contributed by atoms with Crippen molar-refractivity contribution in [1.29, 1.82) is 0 Å². The average molecular weight is 305 g/mol. The SMILES string of the molecule is Cc1cc(F)ccc1CSc1nc2nc(N)[nH]c(=O)c2[nH]1. The fourth-order valence-corrected chi connectivity index (χ4v) is 2.88. The summed E-state index contributed by atoms with van der Waals surface area (Å²) in [6.07, 6.45) is 0. The molecular weight excluding hydrogens is 293 g/mol. The molecule has 0 unspecified atom stereocenters. The number of anilines is 1. The second-order valence-corrected chi connectivity index (χ2v) is 5.52. The maximum absolute atomic E-state index is 13.0. The third kappa shape index (κ3) is 2.75. The molecule has 0 amide bonds. The van der Waals surface area contributed by atoms with E-state index in [1.165, 1.54) is 23.9 Å². The van der Waals surface area contributed by atoms with E-state index in [2.05, 4.69) is 19.9 Å². The molecule has 0 atom stereocenters. The van der Waals surface area contributed by atoms with Gasteiger partial charge in [0.15, 0.2) is 16.3 Å². The molecule has 2 aromatic heterocycles. The van der Waals surface area contributed by atoms with Gasteiger partial charge in [-0.05, 0) is 30.2 Å². The van der Waals surface area contributed by atoms with E-state index in [1.807, 2.05) is 6.92 Å². The number of rotatable bonds is 3. The first-order valence-electron chi connectivity index (χ1n) is 6.16. The van der Waals surface area contributed by atoms with E-state index in [4.69, 9.17) is 5.73 Å². The predicted molar refractivity (Wildman–Crippen MR) is 79.6 cm³/mol. The van der Waals surface area contributed by atoms with Crippen LogP contribution in [0.1, 0.15) is 11.1 Å². The number of imidazole rings is 1. The minimum absolute atomic E-state index is 0.0323. The van der Waals surface area contributed by atoms with Gasteiger partial charge in [0.1, 0.15) is 5.82 Å². The van der Waals surface area contributed by atoms with E-state index in [9.17, 15) is 9.18 Å². The molecule has 8 heteroatoms. The van der Waals surface area contributed by atoms with Crippen LogP contribution in [0.4, 0.5) is 10.3 Å². The number of nitrogen functional groups attached to an aromatic ring is 1. The molecule has 3 aromatic rings. The van der Waals surface area contributed by atoms with Crippen molar-refractivity contribution in [3.05, 3.63) is 45.5 Å². The molecule has 0 bridgehead atoms. The lowest BCUT2D eigenvalue weighted by atomic mass is 10.1. The Kier molecular flexibility index (Phi) is 3.38. The summed E-state index contributed by atoms with van der Waals surface area (Å²) in [7, 11) is 0. The topological polar surface area (TPSA) is 100 Å².